The first-order valence-electron chi connectivity index (χ1n) is 6.64. The molecule has 1 atom stereocenters. The van der Waals surface area contributed by atoms with Crippen LogP contribution in [0.5, 0.6) is 0 Å². The molecule has 3 heteroatoms. The van der Waals surface area contributed by atoms with Gasteiger partial charge in [0, 0.05) is 17.8 Å². The van der Waals surface area contributed by atoms with Crippen LogP contribution in [0.1, 0.15) is 36.3 Å². The van der Waals surface area contributed by atoms with Gasteiger partial charge in [-0.3, -0.25) is 0 Å². The van der Waals surface area contributed by atoms with Gasteiger partial charge in [0.05, 0.1) is 6.10 Å². The first-order chi connectivity index (χ1) is 9.20. The second kappa shape index (κ2) is 6.34. The number of nitrogens with one attached hydrogen (secondary N) is 1. The Morgan fingerprint density at radius 2 is 1.89 bits per heavy atom. The maximum Gasteiger partial charge on any atom is 0.126 e. The van der Waals surface area contributed by atoms with Gasteiger partial charge in [-0.2, -0.15) is 0 Å². The third-order valence-electron chi connectivity index (χ3n) is 3.19. The first-order valence-corrected chi connectivity index (χ1v) is 6.64. The zero-order valence-corrected chi connectivity index (χ0v) is 11.4. The van der Waals surface area contributed by atoms with Crippen LogP contribution in [0.25, 0.3) is 0 Å². The SMILES string of the molecule is CCC(O)c1ccc(NCc2ccccc2)nc1C. The molecular formula is C16H20N2O. The lowest BCUT2D eigenvalue weighted by Gasteiger charge is -2.13. The van der Waals surface area contributed by atoms with Crippen molar-refractivity contribution < 1.29 is 5.11 Å². The van der Waals surface area contributed by atoms with Crippen LogP contribution in [0.4, 0.5) is 5.82 Å². The summed E-state index contributed by atoms with van der Waals surface area (Å²) in [6, 6.07) is 14.1. The molecule has 1 aromatic heterocycles. The summed E-state index contributed by atoms with van der Waals surface area (Å²) in [4.78, 5) is 4.49. The van der Waals surface area contributed by atoms with Crippen molar-refractivity contribution in [3.8, 4) is 0 Å². The molecule has 19 heavy (non-hydrogen) atoms. The normalized spacial score (nSPS) is 12.2. The average molecular weight is 256 g/mol. The molecule has 2 N–H and O–H groups in total. The van der Waals surface area contributed by atoms with E-state index < -0.39 is 6.10 Å². The predicted octanol–water partition coefficient (Wildman–Crippen LogP) is 3.45. The molecule has 0 bridgehead atoms. The summed E-state index contributed by atoms with van der Waals surface area (Å²) in [5.41, 5.74) is 3.01. The molecule has 3 nitrogen and oxygen atoms in total. The number of nitrogens with zero attached hydrogens (tertiary/aromatic N) is 1. The number of aliphatic hydroxyl groups is 1. The smallest absolute Gasteiger partial charge is 0.126 e. The van der Waals surface area contributed by atoms with Crippen molar-refractivity contribution in [1.29, 1.82) is 0 Å². The molecule has 1 unspecified atom stereocenters. The van der Waals surface area contributed by atoms with Gasteiger partial charge in [0.2, 0.25) is 0 Å². The number of hydrogen-bond acceptors (Lipinski definition) is 3. The monoisotopic (exact) mass is 256 g/mol. The fourth-order valence-corrected chi connectivity index (χ4v) is 2.03. The number of pyridine rings is 1. The molecule has 0 saturated heterocycles. The first kappa shape index (κ1) is 13.6. The van der Waals surface area contributed by atoms with Crippen LogP contribution in [0.3, 0.4) is 0 Å². The third-order valence-corrected chi connectivity index (χ3v) is 3.19. The molecule has 1 heterocycles. The summed E-state index contributed by atoms with van der Waals surface area (Å²) in [5, 5.41) is 13.1. The Morgan fingerprint density at radius 3 is 2.53 bits per heavy atom. The Balaban J connectivity index is 2.04. The van der Waals surface area contributed by atoms with Crippen molar-refractivity contribution in [2.45, 2.75) is 32.9 Å². The minimum Gasteiger partial charge on any atom is -0.388 e. The van der Waals surface area contributed by atoms with Crippen molar-refractivity contribution in [2.75, 3.05) is 5.32 Å². The number of benzene rings is 1. The van der Waals surface area contributed by atoms with Gasteiger partial charge in [0.15, 0.2) is 0 Å². The second-order valence-corrected chi connectivity index (χ2v) is 4.63. The number of rotatable bonds is 5. The summed E-state index contributed by atoms with van der Waals surface area (Å²) in [6.45, 7) is 4.65. The van der Waals surface area contributed by atoms with E-state index >= 15 is 0 Å². The molecule has 1 aromatic carbocycles. The van der Waals surface area contributed by atoms with Gasteiger partial charge >= 0.3 is 0 Å². The predicted molar refractivity (Wildman–Crippen MR) is 78.0 cm³/mol. The van der Waals surface area contributed by atoms with Gasteiger partial charge < -0.3 is 10.4 Å². The third kappa shape index (κ3) is 3.55. The van der Waals surface area contributed by atoms with Crippen molar-refractivity contribution in [3.63, 3.8) is 0 Å². The Kier molecular flexibility index (Phi) is 4.53. The zero-order valence-electron chi connectivity index (χ0n) is 11.4. The molecule has 0 aliphatic rings. The molecule has 0 aliphatic carbocycles. The van der Waals surface area contributed by atoms with Gasteiger partial charge in [-0.1, -0.05) is 43.3 Å². The minimum absolute atomic E-state index is 0.421. The lowest BCUT2D eigenvalue weighted by atomic mass is 10.1. The number of aliphatic hydroxyl groups excluding tert-OH is 1. The van der Waals surface area contributed by atoms with Crippen LogP contribution in [-0.4, -0.2) is 10.1 Å². The fraction of sp³-hybridized carbons (Fsp3) is 0.312. The molecule has 100 valence electrons. The maximum atomic E-state index is 9.85. The maximum absolute atomic E-state index is 9.85. The summed E-state index contributed by atoms with van der Waals surface area (Å²) in [5.74, 6) is 0.841. The number of aryl methyl sites for hydroxylation is 1. The number of hydrogen-bond donors (Lipinski definition) is 2. The highest BCUT2D eigenvalue weighted by molar-refractivity contribution is 5.40. The van der Waals surface area contributed by atoms with Crippen molar-refractivity contribution >= 4 is 5.82 Å². The lowest BCUT2D eigenvalue weighted by Crippen LogP contribution is -2.05. The lowest BCUT2D eigenvalue weighted by molar-refractivity contribution is 0.172. The highest BCUT2D eigenvalue weighted by atomic mass is 16.3. The van der Waals surface area contributed by atoms with Crippen molar-refractivity contribution in [2.24, 2.45) is 0 Å². The molecule has 0 saturated carbocycles. The number of aromatic nitrogens is 1. The Bertz CT molecular complexity index is 526. The van der Waals surface area contributed by atoms with Gasteiger partial charge in [-0.15, -0.1) is 0 Å². The van der Waals surface area contributed by atoms with Crippen molar-refractivity contribution in [1.82, 2.24) is 4.98 Å². The molecule has 0 spiro atoms. The van der Waals surface area contributed by atoms with E-state index in [-0.39, 0.29) is 0 Å². The van der Waals surface area contributed by atoms with Crippen LogP contribution < -0.4 is 5.32 Å². The topological polar surface area (TPSA) is 45.1 Å². The second-order valence-electron chi connectivity index (χ2n) is 4.63. The largest absolute Gasteiger partial charge is 0.388 e. The van der Waals surface area contributed by atoms with E-state index in [1.54, 1.807) is 0 Å². The molecule has 2 rings (SSSR count). The molecule has 0 amide bonds. The zero-order chi connectivity index (χ0) is 13.7. The van der Waals surface area contributed by atoms with E-state index in [9.17, 15) is 5.11 Å². The molecule has 0 aliphatic heterocycles. The molecular weight excluding hydrogens is 236 g/mol. The fourth-order valence-electron chi connectivity index (χ4n) is 2.03. The van der Waals surface area contributed by atoms with Crippen molar-refractivity contribution in [3.05, 3.63) is 59.3 Å². The van der Waals surface area contributed by atoms with Gasteiger partial charge in [0.25, 0.3) is 0 Å². The van der Waals surface area contributed by atoms with Gasteiger partial charge in [-0.25, -0.2) is 4.98 Å². The average Bonchev–Trinajstić information content (AvgIpc) is 2.45. The standard InChI is InChI=1S/C16H20N2O/c1-3-15(19)14-9-10-16(18-12(14)2)17-11-13-7-5-4-6-8-13/h4-10,15,19H,3,11H2,1-2H3,(H,17,18). The van der Waals surface area contributed by atoms with E-state index in [1.165, 1.54) is 5.56 Å². The molecule has 0 radical (unpaired) electrons. The summed E-state index contributed by atoms with van der Waals surface area (Å²) in [6.07, 6.45) is 0.287. The van der Waals surface area contributed by atoms with Gasteiger partial charge in [-0.05, 0) is 25.0 Å². The summed E-state index contributed by atoms with van der Waals surface area (Å²) < 4.78 is 0. The molecule has 2 aromatic rings. The van der Waals surface area contributed by atoms with Crippen LogP contribution in [0.2, 0.25) is 0 Å². The van der Waals surface area contributed by atoms with Crippen LogP contribution in [0, 0.1) is 6.92 Å². The van der Waals surface area contributed by atoms with E-state index in [4.69, 9.17) is 0 Å². The molecule has 0 fully saturated rings. The quantitative estimate of drug-likeness (QED) is 0.861. The van der Waals surface area contributed by atoms with E-state index in [1.807, 2.05) is 44.2 Å². The van der Waals surface area contributed by atoms with E-state index in [2.05, 4.69) is 22.4 Å². The summed E-state index contributed by atoms with van der Waals surface area (Å²) in [7, 11) is 0. The Morgan fingerprint density at radius 1 is 1.16 bits per heavy atom. The van der Waals surface area contributed by atoms with Crippen LogP contribution in [0.15, 0.2) is 42.5 Å². The Hall–Kier alpha value is -1.87. The minimum atomic E-state index is -0.421. The Labute approximate surface area is 114 Å². The highest BCUT2D eigenvalue weighted by Crippen LogP contribution is 2.20. The van der Waals surface area contributed by atoms with Crippen LogP contribution >= 0.6 is 0 Å². The van der Waals surface area contributed by atoms with E-state index in [0.29, 0.717) is 6.42 Å². The van der Waals surface area contributed by atoms with E-state index in [0.717, 1.165) is 23.6 Å². The van der Waals surface area contributed by atoms with Crippen LogP contribution in [-0.2, 0) is 6.54 Å². The number of anilines is 1. The summed E-state index contributed by atoms with van der Waals surface area (Å²) >= 11 is 0. The highest BCUT2D eigenvalue weighted by Gasteiger charge is 2.09. The van der Waals surface area contributed by atoms with Gasteiger partial charge in [0.1, 0.15) is 5.82 Å².